The van der Waals surface area contributed by atoms with Gasteiger partial charge in [0.15, 0.2) is 0 Å². The lowest BCUT2D eigenvalue weighted by molar-refractivity contribution is 0.0954. The first kappa shape index (κ1) is 19.4. The van der Waals surface area contributed by atoms with E-state index in [-0.39, 0.29) is 5.91 Å². The summed E-state index contributed by atoms with van der Waals surface area (Å²) in [7, 11) is 0. The van der Waals surface area contributed by atoms with Crippen LogP contribution in [0.15, 0.2) is 96.1 Å². The number of aryl methyl sites for hydroxylation is 1. The van der Waals surface area contributed by atoms with Crippen LogP contribution in [0.3, 0.4) is 0 Å². The van der Waals surface area contributed by atoms with Gasteiger partial charge in [0.05, 0.1) is 6.21 Å². The van der Waals surface area contributed by atoms with Crippen molar-refractivity contribution in [3.05, 3.63) is 113 Å². The molecule has 4 nitrogen and oxygen atoms in total. The average Bonchev–Trinajstić information content (AvgIpc) is 2.79. The van der Waals surface area contributed by atoms with Gasteiger partial charge in [0.1, 0.15) is 12.4 Å². The molecule has 30 heavy (non-hydrogen) atoms. The number of nitrogens with one attached hydrogen (secondary N) is 1. The largest absolute Gasteiger partial charge is 0.489 e. The smallest absolute Gasteiger partial charge is 0.271 e. The van der Waals surface area contributed by atoms with E-state index in [1.54, 1.807) is 12.3 Å². The van der Waals surface area contributed by atoms with Crippen LogP contribution in [0.5, 0.6) is 5.75 Å². The minimum atomic E-state index is -0.223. The highest BCUT2D eigenvalue weighted by atomic mass is 16.5. The summed E-state index contributed by atoms with van der Waals surface area (Å²) in [6, 6.07) is 29.5. The van der Waals surface area contributed by atoms with E-state index >= 15 is 0 Å². The quantitative estimate of drug-likeness (QED) is 0.347. The second-order valence-corrected chi connectivity index (χ2v) is 7.01. The molecular formula is C26H22N2O2. The van der Waals surface area contributed by atoms with E-state index in [1.807, 2.05) is 67.6 Å². The third kappa shape index (κ3) is 4.55. The maximum absolute atomic E-state index is 12.2. The fourth-order valence-electron chi connectivity index (χ4n) is 3.28. The number of ether oxygens (including phenoxy) is 1. The number of hydrogen-bond acceptors (Lipinski definition) is 3. The molecule has 0 bridgehead atoms. The van der Waals surface area contributed by atoms with Gasteiger partial charge in [-0.05, 0) is 64.7 Å². The molecule has 0 atom stereocenters. The van der Waals surface area contributed by atoms with Gasteiger partial charge < -0.3 is 4.74 Å². The van der Waals surface area contributed by atoms with Gasteiger partial charge in [-0.3, -0.25) is 4.79 Å². The Balaban J connectivity index is 1.35. The van der Waals surface area contributed by atoms with E-state index < -0.39 is 0 Å². The second kappa shape index (κ2) is 9.05. The first-order chi connectivity index (χ1) is 14.7. The number of amides is 1. The van der Waals surface area contributed by atoms with Crippen molar-refractivity contribution in [3.63, 3.8) is 0 Å². The van der Waals surface area contributed by atoms with Crippen LogP contribution in [0.25, 0.3) is 10.8 Å². The topological polar surface area (TPSA) is 50.7 Å². The van der Waals surface area contributed by atoms with E-state index in [0.29, 0.717) is 12.2 Å². The Morgan fingerprint density at radius 1 is 0.900 bits per heavy atom. The lowest BCUT2D eigenvalue weighted by atomic mass is 10.1. The fourth-order valence-corrected chi connectivity index (χ4v) is 3.28. The lowest BCUT2D eigenvalue weighted by Crippen LogP contribution is -2.18. The molecule has 1 amide bonds. The van der Waals surface area contributed by atoms with Crippen molar-refractivity contribution in [1.29, 1.82) is 0 Å². The summed E-state index contributed by atoms with van der Waals surface area (Å²) in [5.41, 5.74) is 6.12. The highest BCUT2D eigenvalue weighted by Gasteiger charge is 2.06. The minimum absolute atomic E-state index is 0.223. The summed E-state index contributed by atoms with van der Waals surface area (Å²) in [6.45, 7) is 2.40. The molecule has 4 aromatic rings. The van der Waals surface area contributed by atoms with Crippen molar-refractivity contribution in [1.82, 2.24) is 5.43 Å². The Kier molecular flexibility index (Phi) is 5.85. The molecule has 4 heteroatoms. The van der Waals surface area contributed by atoms with Gasteiger partial charge in [-0.15, -0.1) is 0 Å². The van der Waals surface area contributed by atoms with Crippen molar-refractivity contribution in [2.24, 2.45) is 5.10 Å². The number of benzene rings is 4. The number of hydrazone groups is 1. The molecule has 148 valence electrons. The summed E-state index contributed by atoms with van der Waals surface area (Å²) < 4.78 is 5.95. The van der Waals surface area contributed by atoms with Gasteiger partial charge >= 0.3 is 0 Å². The Morgan fingerprint density at radius 3 is 2.47 bits per heavy atom. The van der Waals surface area contributed by atoms with Crippen LogP contribution in [0.4, 0.5) is 0 Å². The normalized spacial score (nSPS) is 11.0. The van der Waals surface area contributed by atoms with E-state index in [0.717, 1.165) is 22.4 Å². The maximum Gasteiger partial charge on any atom is 0.271 e. The third-order valence-corrected chi connectivity index (χ3v) is 4.92. The number of carbonyl (C=O) groups is 1. The number of fused-ring (bicyclic) bond motifs is 1. The monoisotopic (exact) mass is 394 g/mol. The predicted molar refractivity (Wildman–Crippen MR) is 121 cm³/mol. The number of nitrogens with zero attached hydrogens (tertiary/aromatic N) is 1. The molecule has 0 aliphatic heterocycles. The minimum Gasteiger partial charge on any atom is -0.489 e. The molecule has 0 aliphatic rings. The number of hydrogen-bond donors (Lipinski definition) is 1. The van der Waals surface area contributed by atoms with E-state index in [2.05, 4.69) is 34.8 Å². The molecular weight excluding hydrogens is 372 g/mol. The fraction of sp³-hybridized carbons (Fsp3) is 0.0769. The SMILES string of the molecule is Cc1ccccc1C(=O)N/N=C\c1ccc(OCc2cccc3ccccc23)cc1. The molecule has 1 N–H and O–H groups in total. The number of rotatable bonds is 6. The molecule has 4 rings (SSSR count). The summed E-state index contributed by atoms with van der Waals surface area (Å²) in [5, 5.41) is 6.46. The lowest BCUT2D eigenvalue weighted by Gasteiger charge is -2.09. The molecule has 0 saturated heterocycles. The Labute approximate surface area is 175 Å². The van der Waals surface area contributed by atoms with Crippen LogP contribution in [-0.4, -0.2) is 12.1 Å². The molecule has 0 saturated carbocycles. The molecule has 0 radical (unpaired) electrons. The van der Waals surface area contributed by atoms with Crippen LogP contribution in [0.2, 0.25) is 0 Å². The van der Waals surface area contributed by atoms with Gasteiger partial charge in [-0.25, -0.2) is 5.43 Å². The first-order valence-corrected chi connectivity index (χ1v) is 9.79. The highest BCUT2D eigenvalue weighted by Crippen LogP contribution is 2.21. The van der Waals surface area contributed by atoms with Crippen LogP contribution >= 0.6 is 0 Å². The Bertz CT molecular complexity index is 1190. The van der Waals surface area contributed by atoms with Gasteiger partial charge in [-0.2, -0.15) is 5.10 Å². The van der Waals surface area contributed by atoms with Gasteiger partial charge in [0.25, 0.3) is 5.91 Å². The summed E-state index contributed by atoms with van der Waals surface area (Å²) in [4.78, 5) is 12.2. The third-order valence-electron chi connectivity index (χ3n) is 4.92. The van der Waals surface area contributed by atoms with Crippen LogP contribution in [-0.2, 0) is 6.61 Å². The average molecular weight is 394 g/mol. The van der Waals surface area contributed by atoms with Crippen molar-refractivity contribution >= 4 is 22.9 Å². The Morgan fingerprint density at radius 2 is 1.63 bits per heavy atom. The van der Waals surface area contributed by atoms with Gasteiger partial charge in [0.2, 0.25) is 0 Å². The Hall–Kier alpha value is -3.92. The summed E-state index contributed by atoms with van der Waals surface area (Å²) in [6.07, 6.45) is 1.62. The molecule has 4 aromatic carbocycles. The zero-order valence-electron chi connectivity index (χ0n) is 16.7. The van der Waals surface area contributed by atoms with Gasteiger partial charge in [0, 0.05) is 5.56 Å². The molecule has 0 heterocycles. The molecule has 0 unspecified atom stereocenters. The van der Waals surface area contributed by atoms with Crippen molar-refractivity contribution in [2.75, 3.05) is 0 Å². The standard InChI is InChI=1S/C26H22N2O2/c1-19-7-2-4-11-24(19)26(29)28-27-17-20-13-15-23(16-14-20)30-18-22-10-6-9-21-8-3-5-12-25(21)22/h2-17H,18H2,1H3,(H,28,29)/b27-17-. The zero-order valence-corrected chi connectivity index (χ0v) is 16.7. The predicted octanol–water partition coefficient (Wildman–Crippen LogP) is 5.49. The molecule has 0 spiro atoms. The van der Waals surface area contributed by atoms with Crippen molar-refractivity contribution in [2.45, 2.75) is 13.5 Å². The second-order valence-electron chi connectivity index (χ2n) is 7.01. The summed E-state index contributed by atoms with van der Waals surface area (Å²) >= 11 is 0. The summed E-state index contributed by atoms with van der Waals surface area (Å²) in [5.74, 6) is 0.559. The first-order valence-electron chi connectivity index (χ1n) is 9.79. The maximum atomic E-state index is 12.2. The van der Waals surface area contributed by atoms with E-state index in [9.17, 15) is 4.79 Å². The van der Waals surface area contributed by atoms with Crippen molar-refractivity contribution in [3.8, 4) is 5.75 Å². The van der Waals surface area contributed by atoms with Crippen LogP contribution < -0.4 is 10.2 Å². The van der Waals surface area contributed by atoms with Crippen LogP contribution in [0, 0.1) is 6.92 Å². The van der Waals surface area contributed by atoms with E-state index in [4.69, 9.17) is 4.74 Å². The highest BCUT2D eigenvalue weighted by molar-refractivity contribution is 5.96. The van der Waals surface area contributed by atoms with E-state index in [1.165, 1.54) is 10.8 Å². The van der Waals surface area contributed by atoms with Gasteiger partial charge in [-0.1, -0.05) is 60.7 Å². The molecule has 0 fully saturated rings. The molecule has 0 aliphatic carbocycles. The zero-order chi connectivity index (χ0) is 20.8. The number of carbonyl (C=O) groups excluding carboxylic acids is 1. The van der Waals surface area contributed by atoms with Crippen LogP contribution in [0.1, 0.15) is 27.0 Å². The molecule has 0 aromatic heterocycles. The van der Waals surface area contributed by atoms with Crippen molar-refractivity contribution < 1.29 is 9.53 Å².